The minimum Gasteiger partial charge on any atom is -0.394 e. The summed E-state index contributed by atoms with van der Waals surface area (Å²) in [5.74, 6) is -1.63. The van der Waals surface area contributed by atoms with Gasteiger partial charge in [-0.05, 0) is 6.92 Å². The van der Waals surface area contributed by atoms with E-state index < -0.39 is 42.9 Å². The minimum absolute atomic E-state index is 0.472. The predicted octanol–water partition coefficient (Wildman–Crippen LogP) is -2.38. The number of rotatable bonds is 2. The molecule has 1 heterocycles. The molecule has 1 aliphatic heterocycles. The summed E-state index contributed by atoms with van der Waals surface area (Å²) in [5, 5.41) is 36.9. The van der Waals surface area contributed by atoms with Crippen LogP contribution < -0.4 is 0 Å². The first-order valence-electron chi connectivity index (χ1n) is 4.30. The molecule has 1 aliphatic rings. The summed E-state index contributed by atoms with van der Waals surface area (Å²) in [7, 11) is 0. The molecule has 0 aromatic rings. The van der Waals surface area contributed by atoms with Crippen LogP contribution in [0.15, 0.2) is 0 Å². The van der Waals surface area contributed by atoms with Crippen molar-refractivity contribution < 1.29 is 30.0 Å². The quantitative estimate of drug-likeness (QED) is 0.402. The summed E-state index contributed by atoms with van der Waals surface area (Å²) >= 11 is 0. The van der Waals surface area contributed by atoms with Gasteiger partial charge >= 0.3 is 0 Å². The zero-order valence-corrected chi connectivity index (χ0v) is 7.70. The first-order valence-corrected chi connectivity index (χ1v) is 4.30. The van der Waals surface area contributed by atoms with Gasteiger partial charge in [0.05, 0.1) is 18.6 Å². The second kappa shape index (κ2) is 4.33. The van der Waals surface area contributed by atoms with Gasteiger partial charge in [0.1, 0.15) is 18.0 Å². The average molecular weight is 206 g/mol. The molecule has 0 aliphatic carbocycles. The number of aliphatic hydroxyl groups is 4. The lowest BCUT2D eigenvalue weighted by atomic mass is 9.88. The number of ketones is 1. The molecule has 0 amide bonds. The van der Waals surface area contributed by atoms with Crippen molar-refractivity contribution in [3.8, 4) is 0 Å². The summed E-state index contributed by atoms with van der Waals surface area (Å²) in [5.41, 5.74) is 0. The van der Waals surface area contributed by atoms with Gasteiger partial charge in [0.15, 0.2) is 6.29 Å². The van der Waals surface area contributed by atoms with Crippen LogP contribution in [0.5, 0.6) is 0 Å². The van der Waals surface area contributed by atoms with Crippen LogP contribution in [-0.2, 0) is 9.53 Å². The standard InChI is InChI=1S/C8H14O6/c1-3(10)5-7(12)6(11)4(2-9)14-8(5)13/h4-9,11-13H,2H2,1H3/t4-,5+,6-,7-,8+/m1/s1. The topological polar surface area (TPSA) is 107 Å². The molecule has 1 saturated heterocycles. The Morgan fingerprint density at radius 3 is 2.29 bits per heavy atom. The Labute approximate surface area is 80.7 Å². The van der Waals surface area contributed by atoms with E-state index >= 15 is 0 Å². The third-order valence-corrected chi connectivity index (χ3v) is 2.37. The monoisotopic (exact) mass is 206 g/mol. The van der Waals surface area contributed by atoms with Crippen LogP contribution in [0.3, 0.4) is 0 Å². The SMILES string of the molecule is CC(=O)[C@H]1[C@@H](O)[C@H](O)[C@@H](CO)O[C@@H]1O. The third-order valence-electron chi connectivity index (χ3n) is 2.37. The van der Waals surface area contributed by atoms with E-state index in [1.807, 2.05) is 0 Å². The van der Waals surface area contributed by atoms with Gasteiger partial charge in [-0.15, -0.1) is 0 Å². The molecular weight excluding hydrogens is 192 g/mol. The Bertz CT molecular complexity index is 218. The first kappa shape index (κ1) is 11.5. The van der Waals surface area contributed by atoms with Crippen molar-refractivity contribution in [2.75, 3.05) is 6.61 Å². The van der Waals surface area contributed by atoms with Crippen LogP contribution in [0, 0.1) is 5.92 Å². The first-order chi connectivity index (χ1) is 6.49. The van der Waals surface area contributed by atoms with E-state index in [1.165, 1.54) is 6.92 Å². The van der Waals surface area contributed by atoms with Crippen LogP contribution in [0.4, 0.5) is 0 Å². The highest BCUT2D eigenvalue weighted by molar-refractivity contribution is 5.79. The van der Waals surface area contributed by atoms with Crippen molar-refractivity contribution >= 4 is 5.78 Å². The van der Waals surface area contributed by atoms with Gasteiger partial charge in [-0.1, -0.05) is 0 Å². The highest BCUT2D eigenvalue weighted by atomic mass is 16.6. The Kier molecular flexibility index (Phi) is 3.57. The summed E-state index contributed by atoms with van der Waals surface area (Å²) in [6, 6.07) is 0. The molecule has 6 heteroatoms. The number of Topliss-reactive ketones (excluding diaryl/α,β-unsaturated/α-hetero) is 1. The van der Waals surface area contributed by atoms with Gasteiger partial charge in [0.25, 0.3) is 0 Å². The van der Waals surface area contributed by atoms with Crippen LogP contribution in [0.25, 0.3) is 0 Å². The highest BCUT2D eigenvalue weighted by Crippen LogP contribution is 2.25. The van der Waals surface area contributed by atoms with Crippen molar-refractivity contribution in [1.82, 2.24) is 0 Å². The van der Waals surface area contributed by atoms with Crippen molar-refractivity contribution in [3.05, 3.63) is 0 Å². The third kappa shape index (κ3) is 1.94. The summed E-state index contributed by atoms with van der Waals surface area (Å²) < 4.78 is 4.77. The van der Waals surface area contributed by atoms with Crippen molar-refractivity contribution in [2.24, 2.45) is 5.92 Å². The Morgan fingerprint density at radius 1 is 1.29 bits per heavy atom. The molecule has 14 heavy (non-hydrogen) atoms. The maximum absolute atomic E-state index is 11.0. The predicted molar refractivity (Wildman–Crippen MR) is 44.2 cm³/mol. The largest absolute Gasteiger partial charge is 0.394 e. The van der Waals surface area contributed by atoms with Crippen LogP contribution in [-0.4, -0.2) is 57.4 Å². The molecule has 82 valence electrons. The normalized spacial score (nSPS) is 43.6. The fraction of sp³-hybridized carbons (Fsp3) is 0.875. The van der Waals surface area contributed by atoms with Gasteiger partial charge < -0.3 is 25.2 Å². The lowest BCUT2D eigenvalue weighted by Crippen LogP contribution is -2.57. The molecule has 0 aromatic heterocycles. The molecule has 6 nitrogen and oxygen atoms in total. The Balaban J connectivity index is 2.79. The molecule has 1 fully saturated rings. The molecule has 0 bridgehead atoms. The van der Waals surface area contributed by atoms with Crippen molar-refractivity contribution in [3.63, 3.8) is 0 Å². The van der Waals surface area contributed by atoms with Gasteiger partial charge in [0, 0.05) is 0 Å². The Hall–Kier alpha value is -0.530. The lowest BCUT2D eigenvalue weighted by molar-refractivity contribution is -0.263. The maximum atomic E-state index is 11.0. The number of carbonyl (C=O) groups is 1. The molecular formula is C8H14O6. The number of carbonyl (C=O) groups excluding carboxylic acids is 1. The smallest absolute Gasteiger partial charge is 0.167 e. The minimum atomic E-state index is -1.48. The van der Waals surface area contributed by atoms with Crippen LogP contribution >= 0.6 is 0 Å². The highest BCUT2D eigenvalue weighted by Gasteiger charge is 2.45. The zero-order valence-electron chi connectivity index (χ0n) is 7.70. The number of hydrogen-bond acceptors (Lipinski definition) is 6. The fourth-order valence-corrected chi connectivity index (χ4v) is 1.54. The molecule has 0 spiro atoms. The molecule has 0 saturated carbocycles. The summed E-state index contributed by atoms with van der Waals surface area (Å²) in [6.07, 6.45) is -5.32. The molecule has 0 aromatic carbocycles. The molecule has 0 radical (unpaired) electrons. The molecule has 1 rings (SSSR count). The van der Waals surface area contributed by atoms with Gasteiger partial charge in [0.2, 0.25) is 0 Å². The zero-order chi connectivity index (χ0) is 10.9. The average Bonchev–Trinajstić information content (AvgIpc) is 2.10. The summed E-state index contributed by atoms with van der Waals surface area (Å²) in [4.78, 5) is 11.0. The van der Waals surface area contributed by atoms with Crippen molar-refractivity contribution in [2.45, 2.75) is 31.5 Å². The van der Waals surface area contributed by atoms with E-state index in [1.54, 1.807) is 0 Å². The second-order valence-corrected chi connectivity index (χ2v) is 3.37. The number of aliphatic hydroxyl groups excluding tert-OH is 4. The van der Waals surface area contributed by atoms with Crippen LogP contribution in [0.2, 0.25) is 0 Å². The van der Waals surface area contributed by atoms with E-state index in [0.717, 1.165) is 0 Å². The molecule has 0 unspecified atom stereocenters. The lowest BCUT2D eigenvalue weighted by Gasteiger charge is -2.38. The van der Waals surface area contributed by atoms with Gasteiger partial charge in [-0.25, -0.2) is 0 Å². The number of hydrogen-bond donors (Lipinski definition) is 4. The van der Waals surface area contributed by atoms with E-state index in [9.17, 15) is 20.1 Å². The van der Waals surface area contributed by atoms with E-state index in [-0.39, 0.29) is 0 Å². The summed E-state index contributed by atoms with van der Waals surface area (Å²) in [6.45, 7) is 0.659. The van der Waals surface area contributed by atoms with Gasteiger partial charge in [-0.3, -0.25) is 4.79 Å². The number of ether oxygens (including phenoxy) is 1. The molecule has 4 N–H and O–H groups in total. The Morgan fingerprint density at radius 2 is 1.86 bits per heavy atom. The fourth-order valence-electron chi connectivity index (χ4n) is 1.54. The van der Waals surface area contributed by atoms with E-state index in [2.05, 4.69) is 0 Å². The second-order valence-electron chi connectivity index (χ2n) is 3.37. The van der Waals surface area contributed by atoms with Crippen LogP contribution in [0.1, 0.15) is 6.92 Å². The van der Waals surface area contributed by atoms with E-state index in [4.69, 9.17) is 9.84 Å². The van der Waals surface area contributed by atoms with Crippen molar-refractivity contribution in [1.29, 1.82) is 0 Å². The maximum Gasteiger partial charge on any atom is 0.167 e. The van der Waals surface area contributed by atoms with E-state index in [0.29, 0.717) is 0 Å². The molecule has 5 atom stereocenters. The van der Waals surface area contributed by atoms with Gasteiger partial charge in [-0.2, -0.15) is 0 Å².